The minimum Gasteiger partial charge on any atom is -0.207 e. The van der Waals surface area contributed by atoms with Crippen molar-refractivity contribution in [3.05, 3.63) is 54.6 Å². The van der Waals surface area contributed by atoms with Crippen molar-refractivity contribution in [1.82, 2.24) is 4.31 Å². The van der Waals surface area contributed by atoms with Gasteiger partial charge in [-0.05, 0) is 26.0 Å². The first-order chi connectivity index (χ1) is 8.87. The molecule has 0 radical (unpaired) electrons. The number of nitrogens with zero attached hydrogens (tertiary/aromatic N) is 1. The fourth-order valence-corrected chi connectivity index (χ4v) is 4.14. The molecule has 1 aromatic carbocycles. The van der Waals surface area contributed by atoms with Crippen LogP contribution in [0.1, 0.15) is 12.5 Å². The van der Waals surface area contributed by atoms with Gasteiger partial charge in [0, 0.05) is 18.5 Å². The third-order valence-electron chi connectivity index (χ3n) is 3.69. The van der Waals surface area contributed by atoms with Crippen molar-refractivity contribution in [2.24, 2.45) is 5.92 Å². The largest absolute Gasteiger partial charge is 0.243 e. The first-order valence-electron chi connectivity index (χ1n) is 6.26. The summed E-state index contributed by atoms with van der Waals surface area (Å²) < 4.78 is 26.7. The van der Waals surface area contributed by atoms with E-state index in [1.165, 1.54) is 4.31 Å². The second kappa shape index (κ2) is 4.94. The van der Waals surface area contributed by atoms with Crippen molar-refractivity contribution < 1.29 is 8.42 Å². The number of hydrogen-bond donors (Lipinski definition) is 0. The van der Waals surface area contributed by atoms with Crippen LogP contribution in [0.5, 0.6) is 0 Å². The molecule has 1 aliphatic rings. The molecule has 1 saturated heterocycles. The van der Waals surface area contributed by atoms with Gasteiger partial charge in [-0.25, -0.2) is 8.42 Å². The SMILES string of the molecule is C=C[C@H]1C(=C)CN(S(=O)(=O)c2ccc(C)cc2)[C@@H]1C. The van der Waals surface area contributed by atoms with Gasteiger partial charge in [0.2, 0.25) is 10.0 Å². The van der Waals surface area contributed by atoms with E-state index in [-0.39, 0.29) is 12.0 Å². The maximum absolute atomic E-state index is 12.6. The first kappa shape index (κ1) is 14.0. The maximum atomic E-state index is 12.6. The number of benzene rings is 1. The second-order valence-corrected chi connectivity index (χ2v) is 6.91. The van der Waals surface area contributed by atoms with Crippen LogP contribution in [0, 0.1) is 12.8 Å². The summed E-state index contributed by atoms with van der Waals surface area (Å²) in [7, 11) is -3.46. The molecule has 1 heterocycles. The lowest BCUT2D eigenvalue weighted by Gasteiger charge is -2.22. The molecule has 1 aromatic rings. The normalized spacial score (nSPS) is 24.6. The fourth-order valence-electron chi connectivity index (χ4n) is 2.48. The molecule has 0 bridgehead atoms. The zero-order valence-electron chi connectivity index (χ0n) is 11.3. The minimum absolute atomic E-state index is 0.0280. The molecule has 0 spiro atoms. The molecule has 0 amide bonds. The first-order valence-corrected chi connectivity index (χ1v) is 7.70. The van der Waals surface area contributed by atoms with Crippen LogP contribution in [0.3, 0.4) is 0 Å². The van der Waals surface area contributed by atoms with Crippen molar-refractivity contribution in [3.8, 4) is 0 Å². The van der Waals surface area contributed by atoms with Crippen LogP contribution in [0.4, 0.5) is 0 Å². The second-order valence-electron chi connectivity index (χ2n) is 5.02. The van der Waals surface area contributed by atoms with E-state index >= 15 is 0 Å². The predicted octanol–water partition coefficient (Wildman–Crippen LogP) is 2.75. The predicted molar refractivity (Wildman–Crippen MR) is 77.4 cm³/mol. The Balaban J connectivity index is 2.38. The van der Waals surface area contributed by atoms with E-state index < -0.39 is 10.0 Å². The van der Waals surface area contributed by atoms with Crippen LogP contribution in [0.25, 0.3) is 0 Å². The smallest absolute Gasteiger partial charge is 0.207 e. The molecule has 1 aliphatic heterocycles. The molecule has 0 unspecified atom stereocenters. The fraction of sp³-hybridized carbons (Fsp3) is 0.333. The Morgan fingerprint density at radius 1 is 1.32 bits per heavy atom. The molecule has 0 saturated carbocycles. The monoisotopic (exact) mass is 277 g/mol. The Kier molecular flexibility index (Phi) is 3.65. The van der Waals surface area contributed by atoms with Crippen LogP contribution < -0.4 is 0 Å². The van der Waals surface area contributed by atoms with E-state index in [2.05, 4.69) is 13.2 Å². The van der Waals surface area contributed by atoms with Crippen molar-refractivity contribution in [2.45, 2.75) is 24.8 Å². The molecule has 19 heavy (non-hydrogen) atoms. The highest BCUT2D eigenvalue weighted by atomic mass is 32.2. The average molecular weight is 277 g/mol. The Hall–Kier alpha value is -1.39. The summed E-state index contributed by atoms with van der Waals surface area (Å²) >= 11 is 0. The number of aryl methyl sites for hydroxylation is 1. The molecule has 4 heteroatoms. The van der Waals surface area contributed by atoms with Gasteiger partial charge in [0.05, 0.1) is 4.90 Å². The van der Waals surface area contributed by atoms with E-state index in [9.17, 15) is 8.42 Å². The average Bonchev–Trinajstić information content (AvgIpc) is 2.65. The topological polar surface area (TPSA) is 37.4 Å². The summed E-state index contributed by atoms with van der Waals surface area (Å²) in [4.78, 5) is 0.336. The summed E-state index contributed by atoms with van der Waals surface area (Å²) in [6.45, 7) is 11.9. The lowest BCUT2D eigenvalue weighted by atomic mass is 9.99. The van der Waals surface area contributed by atoms with Crippen LogP contribution in [0.2, 0.25) is 0 Å². The maximum Gasteiger partial charge on any atom is 0.243 e. The van der Waals surface area contributed by atoms with Gasteiger partial charge in [-0.15, -0.1) is 6.58 Å². The van der Waals surface area contributed by atoms with Crippen LogP contribution in [0.15, 0.2) is 54.0 Å². The van der Waals surface area contributed by atoms with Crippen molar-refractivity contribution in [3.63, 3.8) is 0 Å². The lowest BCUT2D eigenvalue weighted by molar-refractivity contribution is 0.385. The van der Waals surface area contributed by atoms with Crippen molar-refractivity contribution in [1.29, 1.82) is 0 Å². The van der Waals surface area contributed by atoms with Gasteiger partial charge in [-0.1, -0.05) is 35.9 Å². The number of hydrogen-bond acceptors (Lipinski definition) is 2. The third kappa shape index (κ3) is 2.38. The van der Waals surface area contributed by atoms with Gasteiger partial charge in [-0.3, -0.25) is 0 Å². The van der Waals surface area contributed by atoms with E-state index in [1.54, 1.807) is 18.2 Å². The van der Waals surface area contributed by atoms with E-state index in [1.807, 2.05) is 26.0 Å². The number of sulfonamides is 1. The molecular formula is C15H19NO2S. The van der Waals surface area contributed by atoms with Gasteiger partial charge in [0.15, 0.2) is 0 Å². The molecule has 102 valence electrons. The molecular weight excluding hydrogens is 258 g/mol. The molecule has 3 nitrogen and oxygen atoms in total. The Bertz CT molecular complexity index is 602. The standard InChI is InChI=1S/C15H19NO2S/c1-5-15-12(3)10-16(13(15)4)19(17,18)14-8-6-11(2)7-9-14/h5-9,13,15H,1,3,10H2,2,4H3/t13-,15+/m1/s1. The summed E-state index contributed by atoms with van der Waals surface area (Å²) in [6.07, 6.45) is 1.78. The summed E-state index contributed by atoms with van der Waals surface area (Å²) in [5.41, 5.74) is 1.94. The van der Waals surface area contributed by atoms with Gasteiger partial charge in [-0.2, -0.15) is 4.31 Å². The lowest BCUT2D eigenvalue weighted by Crippen LogP contribution is -2.35. The van der Waals surface area contributed by atoms with E-state index in [4.69, 9.17) is 0 Å². The highest BCUT2D eigenvalue weighted by Gasteiger charge is 2.39. The van der Waals surface area contributed by atoms with Gasteiger partial charge in [0.1, 0.15) is 0 Å². The molecule has 2 rings (SSSR count). The van der Waals surface area contributed by atoms with Crippen LogP contribution >= 0.6 is 0 Å². The third-order valence-corrected chi connectivity index (χ3v) is 5.63. The summed E-state index contributed by atoms with van der Waals surface area (Å²) in [6, 6.07) is 6.81. The summed E-state index contributed by atoms with van der Waals surface area (Å²) in [5, 5.41) is 0. The molecule has 0 N–H and O–H groups in total. The van der Waals surface area contributed by atoms with Gasteiger partial charge >= 0.3 is 0 Å². The number of rotatable bonds is 3. The van der Waals surface area contributed by atoms with Crippen molar-refractivity contribution >= 4 is 10.0 Å². The summed E-state index contributed by atoms with van der Waals surface area (Å²) in [5.74, 6) is 0.0280. The highest BCUT2D eigenvalue weighted by Crippen LogP contribution is 2.33. The molecule has 0 aliphatic carbocycles. The molecule has 1 fully saturated rings. The van der Waals surface area contributed by atoms with Crippen LogP contribution in [-0.2, 0) is 10.0 Å². The van der Waals surface area contributed by atoms with E-state index in [0.29, 0.717) is 11.4 Å². The minimum atomic E-state index is -3.46. The zero-order chi connectivity index (χ0) is 14.2. The highest BCUT2D eigenvalue weighted by molar-refractivity contribution is 7.89. The Labute approximate surface area is 115 Å². The quantitative estimate of drug-likeness (QED) is 0.797. The van der Waals surface area contributed by atoms with Gasteiger partial charge < -0.3 is 0 Å². The molecule has 0 aromatic heterocycles. The zero-order valence-corrected chi connectivity index (χ0v) is 12.2. The van der Waals surface area contributed by atoms with Crippen LogP contribution in [-0.4, -0.2) is 25.3 Å². The van der Waals surface area contributed by atoms with Gasteiger partial charge in [0.25, 0.3) is 0 Å². The van der Waals surface area contributed by atoms with Crippen molar-refractivity contribution in [2.75, 3.05) is 6.54 Å². The Morgan fingerprint density at radius 2 is 1.89 bits per heavy atom. The molecule has 2 atom stereocenters. The van der Waals surface area contributed by atoms with E-state index in [0.717, 1.165) is 11.1 Å². The Morgan fingerprint density at radius 3 is 2.37 bits per heavy atom.